The van der Waals surface area contributed by atoms with Gasteiger partial charge in [0.1, 0.15) is 6.04 Å². The number of carbonyl (C=O) groups is 2. The Bertz CT molecular complexity index is 702. The summed E-state index contributed by atoms with van der Waals surface area (Å²) in [5.41, 5.74) is 1.33. The predicted octanol–water partition coefficient (Wildman–Crippen LogP) is 0.400. The lowest BCUT2D eigenvalue weighted by atomic mass is 10.1. The van der Waals surface area contributed by atoms with E-state index in [9.17, 15) is 18.0 Å². The van der Waals surface area contributed by atoms with Crippen LogP contribution in [0.25, 0.3) is 0 Å². The van der Waals surface area contributed by atoms with E-state index >= 15 is 0 Å². The molecule has 0 radical (unpaired) electrons. The van der Waals surface area contributed by atoms with Crippen LogP contribution in [0.1, 0.15) is 24.0 Å². The van der Waals surface area contributed by atoms with Gasteiger partial charge in [-0.15, -0.1) is 0 Å². The number of methoxy groups -OCH3 is 1. The van der Waals surface area contributed by atoms with E-state index in [4.69, 9.17) is 4.74 Å². The molecule has 1 aliphatic heterocycles. The van der Waals surface area contributed by atoms with E-state index in [1.807, 2.05) is 0 Å². The van der Waals surface area contributed by atoms with Gasteiger partial charge >= 0.3 is 0 Å². The fraction of sp³-hybridized carbons (Fsp3) is 0.467. The first-order chi connectivity index (χ1) is 10.8. The number of hydrogen-bond donors (Lipinski definition) is 1. The molecule has 0 spiro atoms. The molecule has 126 valence electrons. The van der Waals surface area contributed by atoms with Gasteiger partial charge in [0, 0.05) is 20.6 Å². The fourth-order valence-corrected chi connectivity index (χ4v) is 3.77. The van der Waals surface area contributed by atoms with Gasteiger partial charge in [0.2, 0.25) is 15.9 Å². The highest BCUT2D eigenvalue weighted by atomic mass is 32.2. The van der Waals surface area contributed by atoms with Crippen molar-refractivity contribution in [2.24, 2.45) is 0 Å². The molecule has 0 saturated carbocycles. The van der Waals surface area contributed by atoms with Crippen molar-refractivity contribution in [2.75, 3.05) is 14.2 Å². The number of benzene rings is 1. The molecule has 1 fully saturated rings. The summed E-state index contributed by atoms with van der Waals surface area (Å²) in [4.78, 5) is 24.8. The molecule has 1 aromatic carbocycles. The number of ether oxygens (including phenoxy) is 1. The molecule has 1 heterocycles. The van der Waals surface area contributed by atoms with Crippen LogP contribution in [-0.4, -0.2) is 45.3 Å². The Morgan fingerprint density at radius 2 is 2.00 bits per heavy atom. The minimum Gasteiger partial charge on any atom is -0.380 e. The van der Waals surface area contributed by atoms with Crippen LogP contribution in [0.5, 0.6) is 0 Å². The van der Waals surface area contributed by atoms with Crippen molar-refractivity contribution < 1.29 is 22.7 Å². The van der Waals surface area contributed by atoms with Crippen LogP contribution in [0.2, 0.25) is 0 Å². The molecular formula is C15H20N2O5S. The Kier molecular flexibility index (Phi) is 5.38. The van der Waals surface area contributed by atoms with Crippen molar-refractivity contribution in [2.45, 2.75) is 31.2 Å². The molecule has 0 bridgehead atoms. The number of nitrogens with zero attached hydrogens (tertiary/aromatic N) is 1. The minimum atomic E-state index is -3.85. The van der Waals surface area contributed by atoms with Gasteiger partial charge in [-0.25, -0.2) is 8.42 Å². The largest absolute Gasteiger partial charge is 0.380 e. The lowest BCUT2D eigenvalue weighted by molar-refractivity contribution is -0.133. The number of rotatable bonds is 6. The summed E-state index contributed by atoms with van der Waals surface area (Å²) >= 11 is 0. The maximum absolute atomic E-state index is 12.2. The summed E-state index contributed by atoms with van der Waals surface area (Å²) in [5, 5.41) is 0. The number of nitrogens with one attached hydrogen (secondary N) is 1. The summed E-state index contributed by atoms with van der Waals surface area (Å²) in [5.74, 6) is -1.14. The van der Waals surface area contributed by atoms with E-state index in [2.05, 4.69) is 4.72 Å². The van der Waals surface area contributed by atoms with Crippen molar-refractivity contribution in [1.82, 2.24) is 9.62 Å². The average Bonchev–Trinajstić information content (AvgIpc) is 2.80. The highest BCUT2D eigenvalue weighted by Gasteiger charge is 2.35. The summed E-state index contributed by atoms with van der Waals surface area (Å²) < 4.78 is 31.6. The van der Waals surface area contributed by atoms with E-state index < -0.39 is 22.0 Å². The zero-order valence-corrected chi connectivity index (χ0v) is 13.9. The van der Waals surface area contributed by atoms with Gasteiger partial charge in [-0.1, -0.05) is 24.3 Å². The van der Waals surface area contributed by atoms with Crippen LogP contribution in [0, 0.1) is 0 Å². The molecule has 1 aromatic rings. The second-order valence-electron chi connectivity index (χ2n) is 5.49. The number of hydrogen-bond acceptors (Lipinski definition) is 5. The second-order valence-corrected chi connectivity index (χ2v) is 7.21. The zero-order chi connectivity index (χ0) is 17.0. The summed E-state index contributed by atoms with van der Waals surface area (Å²) in [6.07, 6.45) is 0.586. The van der Waals surface area contributed by atoms with Crippen LogP contribution in [-0.2, 0) is 36.7 Å². The molecule has 0 aliphatic carbocycles. The van der Waals surface area contributed by atoms with Crippen LogP contribution in [0.4, 0.5) is 0 Å². The first kappa shape index (κ1) is 17.4. The van der Waals surface area contributed by atoms with Crippen LogP contribution < -0.4 is 4.72 Å². The Morgan fingerprint density at radius 3 is 2.57 bits per heavy atom. The molecule has 2 rings (SSSR count). The zero-order valence-electron chi connectivity index (χ0n) is 13.1. The van der Waals surface area contributed by atoms with Crippen molar-refractivity contribution in [3.8, 4) is 0 Å². The first-order valence-electron chi connectivity index (χ1n) is 7.20. The second kappa shape index (κ2) is 7.10. The number of likely N-dealkylation sites (tertiary alicyclic amines) is 1. The molecule has 1 saturated heterocycles. The molecule has 1 N–H and O–H groups in total. The van der Waals surface area contributed by atoms with Gasteiger partial charge in [0.05, 0.1) is 12.4 Å². The van der Waals surface area contributed by atoms with Gasteiger partial charge in [-0.3, -0.25) is 14.3 Å². The van der Waals surface area contributed by atoms with E-state index in [1.165, 1.54) is 19.1 Å². The highest BCUT2D eigenvalue weighted by Crippen LogP contribution is 2.18. The molecule has 0 unspecified atom stereocenters. The summed E-state index contributed by atoms with van der Waals surface area (Å²) in [6, 6.07) is 6.26. The van der Waals surface area contributed by atoms with Gasteiger partial charge in [0.15, 0.2) is 0 Å². The topological polar surface area (TPSA) is 92.8 Å². The number of carbonyl (C=O) groups excluding carboxylic acids is 2. The standard InChI is InChI=1S/C15H20N2O5S/c1-17-13(7-8-14(17)18)15(19)16-23(20,21)10-12-6-4-3-5-11(12)9-22-2/h3-6,13H,7-10H2,1-2H3,(H,16,19)/t13-/m1/s1. The Balaban J connectivity index is 2.08. The molecule has 0 aromatic heterocycles. The average molecular weight is 340 g/mol. The Labute approximate surface area is 135 Å². The van der Waals surface area contributed by atoms with Gasteiger partial charge in [-0.05, 0) is 17.5 Å². The monoisotopic (exact) mass is 340 g/mol. The third kappa shape index (κ3) is 4.29. The molecule has 2 amide bonds. The number of likely N-dealkylation sites (N-methyl/N-ethyl adjacent to an activating group) is 1. The van der Waals surface area contributed by atoms with E-state index in [1.54, 1.807) is 24.3 Å². The third-order valence-electron chi connectivity index (χ3n) is 3.82. The summed E-state index contributed by atoms with van der Waals surface area (Å²) in [7, 11) is -0.818. The lowest BCUT2D eigenvalue weighted by Crippen LogP contribution is -2.45. The van der Waals surface area contributed by atoms with Crippen LogP contribution >= 0.6 is 0 Å². The lowest BCUT2D eigenvalue weighted by Gasteiger charge is -2.19. The van der Waals surface area contributed by atoms with Crippen molar-refractivity contribution in [3.05, 3.63) is 35.4 Å². The normalized spacial score (nSPS) is 18.3. The minimum absolute atomic E-state index is 0.159. The SMILES string of the molecule is COCc1ccccc1CS(=O)(=O)NC(=O)[C@H]1CCC(=O)N1C. The molecule has 1 aliphatic rings. The van der Waals surface area contributed by atoms with Gasteiger partial charge < -0.3 is 9.64 Å². The quantitative estimate of drug-likeness (QED) is 0.809. The Morgan fingerprint density at radius 1 is 1.35 bits per heavy atom. The van der Waals surface area contributed by atoms with E-state index in [0.717, 1.165) is 5.56 Å². The van der Waals surface area contributed by atoms with Crippen LogP contribution in [0.3, 0.4) is 0 Å². The number of amides is 2. The van der Waals surface area contributed by atoms with Gasteiger partial charge in [-0.2, -0.15) is 0 Å². The Hall–Kier alpha value is -1.93. The third-order valence-corrected chi connectivity index (χ3v) is 5.02. The smallest absolute Gasteiger partial charge is 0.256 e. The molecule has 1 atom stereocenters. The van der Waals surface area contributed by atoms with Crippen molar-refractivity contribution in [3.63, 3.8) is 0 Å². The highest BCUT2D eigenvalue weighted by molar-refractivity contribution is 7.89. The maximum Gasteiger partial charge on any atom is 0.256 e. The predicted molar refractivity (Wildman–Crippen MR) is 83.7 cm³/mol. The number of sulfonamides is 1. The van der Waals surface area contributed by atoms with Gasteiger partial charge in [0.25, 0.3) is 5.91 Å². The molecular weight excluding hydrogens is 320 g/mol. The maximum atomic E-state index is 12.2. The first-order valence-corrected chi connectivity index (χ1v) is 8.85. The van der Waals surface area contributed by atoms with Crippen molar-refractivity contribution >= 4 is 21.8 Å². The summed E-state index contributed by atoms with van der Waals surface area (Å²) in [6.45, 7) is 0.291. The molecule has 8 heteroatoms. The molecule has 23 heavy (non-hydrogen) atoms. The van der Waals surface area contributed by atoms with E-state index in [-0.39, 0.29) is 18.1 Å². The van der Waals surface area contributed by atoms with Crippen LogP contribution in [0.15, 0.2) is 24.3 Å². The molecule has 7 nitrogen and oxygen atoms in total. The fourth-order valence-electron chi connectivity index (χ4n) is 2.57. The van der Waals surface area contributed by atoms with E-state index in [0.29, 0.717) is 18.6 Å². The van der Waals surface area contributed by atoms with Crippen molar-refractivity contribution in [1.29, 1.82) is 0 Å².